The number of aromatic nitrogens is 3. The number of fused-ring (bicyclic) bond motifs is 1. The van der Waals surface area contributed by atoms with Gasteiger partial charge in [0.2, 0.25) is 5.91 Å². The first-order chi connectivity index (χ1) is 11.4. The van der Waals surface area contributed by atoms with E-state index in [1.807, 2.05) is 24.3 Å². The fraction of sp³-hybridized carbons (Fsp3) is 0.471. The Morgan fingerprint density at radius 2 is 2.21 bits per heavy atom. The summed E-state index contributed by atoms with van der Waals surface area (Å²) < 4.78 is 6.80. The van der Waals surface area contributed by atoms with Gasteiger partial charge in [-0.3, -0.25) is 4.79 Å². The van der Waals surface area contributed by atoms with Crippen LogP contribution in [-0.4, -0.2) is 46.3 Å². The monoisotopic (exact) mass is 330 g/mol. The van der Waals surface area contributed by atoms with Gasteiger partial charge in [0.15, 0.2) is 0 Å². The van der Waals surface area contributed by atoms with Crippen LogP contribution in [0.15, 0.2) is 30.5 Å². The minimum absolute atomic E-state index is 0.0172. The van der Waals surface area contributed by atoms with Crippen LogP contribution < -0.4 is 4.90 Å². The molecule has 1 N–H and O–H groups in total. The molecule has 3 rings (SSSR count). The summed E-state index contributed by atoms with van der Waals surface area (Å²) in [6.07, 6.45) is 2.50. The Balaban J connectivity index is 1.95. The summed E-state index contributed by atoms with van der Waals surface area (Å²) in [6.45, 7) is 4.00. The molecule has 0 radical (unpaired) electrons. The number of methoxy groups -OCH3 is 1. The van der Waals surface area contributed by atoms with Crippen molar-refractivity contribution in [1.82, 2.24) is 15.0 Å². The van der Waals surface area contributed by atoms with E-state index < -0.39 is 5.60 Å². The fourth-order valence-corrected chi connectivity index (χ4v) is 3.18. The van der Waals surface area contributed by atoms with Crippen LogP contribution in [-0.2, 0) is 15.1 Å². The molecule has 1 amide bonds. The molecular weight excluding hydrogens is 308 g/mol. The second kappa shape index (κ2) is 6.33. The van der Waals surface area contributed by atoms with Gasteiger partial charge in [-0.25, -0.2) is 4.68 Å². The lowest BCUT2D eigenvalue weighted by Crippen LogP contribution is -2.36. The minimum Gasteiger partial charge on any atom is -0.381 e. The fourth-order valence-electron chi connectivity index (χ4n) is 3.18. The van der Waals surface area contributed by atoms with Crippen molar-refractivity contribution in [2.24, 2.45) is 0 Å². The summed E-state index contributed by atoms with van der Waals surface area (Å²) in [4.78, 5) is 13.6. The summed E-state index contributed by atoms with van der Waals surface area (Å²) in [5.74, 6) is 0.0307. The van der Waals surface area contributed by atoms with Gasteiger partial charge in [0.05, 0.1) is 18.8 Å². The molecule has 0 saturated heterocycles. The van der Waals surface area contributed by atoms with E-state index in [2.05, 4.69) is 10.3 Å². The van der Waals surface area contributed by atoms with Crippen molar-refractivity contribution in [3.05, 3.63) is 41.7 Å². The first-order valence-electron chi connectivity index (χ1n) is 7.94. The number of para-hydroxylation sites is 1. The van der Waals surface area contributed by atoms with Gasteiger partial charge in [0.1, 0.15) is 11.3 Å². The van der Waals surface area contributed by atoms with Crippen LogP contribution in [0.5, 0.6) is 0 Å². The van der Waals surface area contributed by atoms with E-state index in [-0.39, 0.29) is 18.6 Å². The van der Waals surface area contributed by atoms with Crippen LogP contribution in [0.1, 0.15) is 37.6 Å². The van der Waals surface area contributed by atoms with E-state index in [0.717, 1.165) is 17.7 Å². The molecule has 128 valence electrons. The van der Waals surface area contributed by atoms with Crippen LogP contribution in [0.3, 0.4) is 0 Å². The molecule has 7 nitrogen and oxygen atoms in total. The number of aliphatic hydroxyl groups is 1. The second-order valence-corrected chi connectivity index (χ2v) is 6.32. The summed E-state index contributed by atoms with van der Waals surface area (Å²) in [7, 11) is 1.53. The zero-order valence-corrected chi connectivity index (χ0v) is 14.1. The molecule has 0 saturated carbocycles. The van der Waals surface area contributed by atoms with E-state index >= 15 is 0 Å². The zero-order chi connectivity index (χ0) is 17.3. The van der Waals surface area contributed by atoms with Gasteiger partial charge in [-0.15, -0.1) is 5.10 Å². The third-order valence-corrected chi connectivity index (χ3v) is 4.40. The Morgan fingerprint density at radius 1 is 1.46 bits per heavy atom. The summed E-state index contributed by atoms with van der Waals surface area (Å²) in [6, 6.07) is 7.81. The maximum absolute atomic E-state index is 11.9. The highest BCUT2D eigenvalue weighted by atomic mass is 16.5. The SMILES string of the molecule is COCC(C)(O)c1cn(C2CCN(C(C)=O)c3ccccc32)nn1. The largest absolute Gasteiger partial charge is 0.381 e. The third kappa shape index (κ3) is 2.92. The van der Waals surface area contributed by atoms with Gasteiger partial charge in [-0.2, -0.15) is 0 Å². The number of nitrogens with zero attached hydrogens (tertiary/aromatic N) is 4. The maximum atomic E-state index is 11.9. The highest BCUT2D eigenvalue weighted by Crippen LogP contribution is 2.36. The lowest BCUT2D eigenvalue weighted by Gasteiger charge is -2.33. The van der Waals surface area contributed by atoms with Gasteiger partial charge in [0, 0.05) is 31.8 Å². The molecule has 2 heterocycles. The predicted molar refractivity (Wildman–Crippen MR) is 88.7 cm³/mol. The molecule has 7 heteroatoms. The molecule has 2 atom stereocenters. The average Bonchev–Trinajstić information content (AvgIpc) is 3.04. The molecule has 1 aliphatic rings. The van der Waals surface area contributed by atoms with Crippen LogP contribution in [0.25, 0.3) is 0 Å². The Bertz CT molecular complexity index is 741. The molecule has 2 unspecified atom stereocenters. The van der Waals surface area contributed by atoms with Crippen LogP contribution in [0.4, 0.5) is 5.69 Å². The molecule has 1 aliphatic heterocycles. The summed E-state index contributed by atoms with van der Waals surface area (Å²) in [5, 5.41) is 18.7. The van der Waals surface area contributed by atoms with E-state index in [1.165, 1.54) is 7.11 Å². The molecule has 0 spiro atoms. The lowest BCUT2D eigenvalue weighted by molar-refractivity contribution is -0.116. The third-order valence-electron chi connectivity index (χ3n) is 4.40. The number of amides is 1. The average molecular weight is 330 g/mol. The molecular formula is C17H22N4O3. The number of hydrogen-bond donors (Lipinski definition) is 1. The highest BCUT2D eigenvalue weighted by molar-refractivity contribution is 5.92. The highest BCUT2D eigenvalue weighted by Gasteiger charge is 2.31. The number of benzene rings is 1. The van der Waals surface area contributed by atoms with Crippen molar-refractivity contribution in [3.63, 3.8) is 0 Å². The van der Waals surface area contributed by atoms with Crippen molar-refractivity contribution in [1.29, 1.82) is 0 Å². The minimum atomic E-state index is -1.19. The summed E-state index contributed by atoms with van der Waals surface area (Å²) >= 11 is 0. The van der Waals surface area contributed by atoms with Gasteiger partial charge >= 0.3 is 0 Å². The lowest BCUT2D eigenvalue weighted by atomic mass is 9.96. The van der Waals surface area contributed by atoms with Gasteiger partial charge < -0.3 is 14.7 Å². The van der Waals surface area contributed by atoms with Crippen molar-refractivity contribution in [2.75, 3.05) is 25.2 Å². The molecule has 0 bridgehead atoms. The maximum Gasteiger partial charge on any atom is 0.223 e. The normalized spacial score (nSPS) is 19.7. The Kier molecular flexibility index (Phi) is 4.38. The van der Waals surface area contributed by atoms with E-state index in [4.69, 9.17) is 4.74 Å². The summed E-state index contributed by atoms with van der Waals surface area (Å²) in [5.41, 5.74) is 1.21. The molecule has 2 aromatic rings. The van der Waals surface area contributed by atoms with E-state index in [1.54, 1.807) is 29.6 Å². The smallest absolute Gasteiger partial charge is 0.223 e. The Hall–Kier alpha value is -2.25. The predicted octanol–water partition coefficient (Wildman–Crippen LogP) is 1.48. The number of hydrogen-bond acceptors (Lipinski definition) is 5. The molecule has 1 aromatic carbocycles. The number of carbonyl (C=O) groups excluding carboxylic acids is 1. The van der Waals surface area contributed by atoms with Crippen molar-refractivity contribution >= 4 is 11.6 Å². The Morgan fingerprint density at radius 3 is 2.92 bits per heavy atom. The van der Waals surface area contributed by atoms with Crippen molar-refractivity contribution < 1.29 is 14.6 Å². The molecule has 24 heavy (non-hydrogen) atoms. The van der Waals surface area contributed by atoms with E-state index in [0.29, 0.717) is 12.2 Å². The van der Waals surface area contributed by atoms with Crippen LogP contribution in [0.2, 0.25) is 0 Å². The molecule has 0 aliphatic carbocycles. The van der Waals surface area contributed by atoms with Gasteiger partial charge in [-0.05, 0) is 19.4 Å². The van der Waals surface area contributed by atoms with Crippen molar-refractivity contribution in [3.8, 4) is 0 Å². The van der Waals surface area contributed by atoms with Crippen LogP contribution >= 0.6 is 0 Å². The first kappa shape index (κ1) is 16.6. The first-order valence-corrected chi connectivity index (χ1v) is 7.94. The van der Waals surface area contributed by atoms with Gasteiger partial charge in [-0.1, -0.05) is 23.4 Å². The molecule has 1 aromatic heterocycles. The number of ether oxygens (including phenoxy) is 1. The zero-order valence-electron chi connectivity index (χ0n) is 14.1. The van der Waals surface area contributed by atoms with Crippen molar-refractivity contribution in [2.45, 2.75) is 31.9 Å². The van der Waals surface area contributed by atoms with Gasteiger partial charge in [0.25, 0.3) is 0 Å². The number of anilines is 1. The van der Waals surface area contributed by atoms with Crippen LogP contribution in [0, 0.1) is 0 Å². The quantitative estimate of drug-likeness (QED) is 0.918. The standard InChI is InChI=1S/C17H22N4O3/c1-12(22)20-9-8-15(13-6-4-5-7-14(13)20)21-10-16(18-19-21)17(2,23)11-24-3/h4-7,10,15,23H,8-9,11H2,1-3H3. The van der Waals surface area contributed by atoms with E-state index in [9.17, 15) is 9.90 Å². The molecule has 0 fully saturated rings. The number of carbonyl (C=O) groups is 1. The second-order valence-electron chi connectivity index (χ2n) is 6.32. The number of rotatable bonds is 4. The topological polar surface area (TPSA) is 80.5 Å². The Labute approximate surface area is 140 Å².